The first-order valence-corrected chi connectivity index (χ1v) is 8.89. The van der Waals surface area contributed by atoms with Gasteiger partial charge in [-0.15, -0.1) is 0 Å². The molecule has 0 radical (unpaired) electrons. The molecular formula is C23H18N2O3. The van der Waals surface area contributed by atoms with Crippen molar-refractivity contribution in [2.24, 2.45) is 0 Å². The summed E-state index contributed by atoms with van der Waals surface area (Å²) in [6, 6.07) is 24.7. The van der Waals surface area contributed by atoms with E-state index in [9.17, 15) is 10.0 Å². The van der Waals surface area contributed by atoms with Gasteiger partial charge in [0, 0.05) is 22.5 Å². The number of carbonyl (C=O) groups is 1. The number of nitrogens with one attached hydrogen (secondary N) is 1. The SMILES string of the molecule is O=C(Nc1ccc(-c2cccc3c[n+]([O-])ccc23)cc1)OCc1ccccc1. The molecule has 3 aromatic carbocycles. The van der Waals surface area contributed by atoms with Crippen LogP contribution in [-0.2, 0) is 11.3 Å². The van der Waals surface area contributed by atoms with Crippen LogP contribution in [0.15, 0.2) is 91.3 Å². The van der Waals surface area contributed by atoms with Crippen molar-refractivity contribution in [3.63, 3.8) is 0 Å². The third-order valence-electron chi connectivity index (χ3n) is 4.45. The number of amides is 1. The first kappa shape index (κ1) is 17.5. The molecule has 1 heterocycles. The second-order valence-electron chi connectivity index (χ2n) is 6.38. The molecule has 28 heavy (non-hydrogen) atoms. The zero-order chi connectivity index (χ0) is 19.3. The summed E-state index contributed by atoms with van der Waals surface area (Å²) in [4.78, 5) is 12.0. The van der Waals surface area contributed by atoms with Crippen LogP contribution >= 0.6 is 0 Å². The molecule has 4 aromatic rings. The lowest BCUT2D eigenvalue weighted by atomic mass is 9.99. The Kier molecular flexibility index (Phi) is 4.89. The molecule has 0 bridgehead atoms. The minimum atomic E-state index is -0.498. The number of benzene rings is 3. The molecule has 0 fully saturated rings. The van der Waals surface area contributed by atoms with Gasteiger partial charge < -0.3 is 9.94 Å². The molecule has 0 aliphatic heterocycles. The lowest BCUT2D eigenvalue weighted by Gasteiger charge is -2.09. The number of anilines is 1. The Morgan fingerprint density at radius 1 is 0.929 bits per heavy atom. The highest BCUT2D eigenvalue weighted by atomic mass is 16.5. The maximum Gasteiger partial charge on any atom is 0.411 e. The third kappa shape index (κ3) is 3.94. The summed E-state index contributed by atoms with van der Waals surface area (Å²) in [5, 5.41) is 16.1. The highest BCUT2D eigenvalue weighted by Crippen LogP contribution is 2.28. The number of hydrogen-bond acceptors (Lipinski definition) is 3. The van der Waals surface area contributed by atoms with Gasteiger partial charge in [-0.25, -0.2) is 4.79 Å². The number of carbonyl (C=O) groups excluding carboxylic acids is 1. The lowest BCUT2D eigenvalue weighted by Crippen LogP contribution is -2.23. The number of pyridine rings is 1. The molecule has 5 heteroatoms. The van der Waals surface area contributed by atoms with E-state index in [0.717, 1.165) is 32.2 Å². The summed E-state index contributed by atoms with van der Waals surface area (Å²) in [6.07, 6.45) is 2.55. The van der Waals surface area contributed by atoms with Crippen LogP contribution in [0.25, 0.3) is 21.9 Å². The Bertz CT molecular complexity index is 1110. The molecule has 0 saturated carbocycles. The maximum absolute atomic E-state index is 12.0. The molecule has 1 N–H and O–H groups in total. The standard InChI is InChI=1S/C23H18N2O3/c26-23(28-16-17-5-2-1-3-6-17)24-20-11-9-18(10-12-20)21-8-4-7-19-15-25(27)14-13-22(19)21/h1-15H,16H2,(H,24,26). The van der Waals surface area contributed by atoms with Crippen LogP contribution in [0, 0.1) is 5.21 Å². The number of fused-ring (bicyclic) bond motifs is 1. The van der Waals surface area contributed by atoms with Crippen molar-refractivity contribution in [2.75, 3.05) is 5.32 Å². The Morgan fingerprint density at radius 2 is 1.71 bits per heavy atom. The van der Waals surface area contributed by atoms with Crippen molar-refractivity contribution in [1.82, 2.24) is 0 Å². The van der Waals surface area contributed by atoms with Crippen molar-refractivity contribution in [3.05, 3.63) is 102 Å². The Labute approximate surface area is 162 Å². The van der Waals surface area contributed by atoms with Crippen molar-refractivity contribution in [2.45, 2.75) is 6.61 Å². The summed E-state index contributed by atoms with van der Waals surface area (Å²) in [5.74, 6) is 0. The quantitative estimate of drug-likeness (QED) is 0.411. The monoisotopic (exact) mass is 370 g/mol. The van der Waals surface area contributed by atoms with Crippen LogP contribution in [0.2, 0.25) is 0 Å². The summed E-state index contributed by atoms with van der Waals surface area (Å²) >= 11 is 0. The van der Waals surface area contributed by atoms with Crippen molar-refractivity contribution >= 4 is 22.6 Å². The van der Waals surface area contributed by atoms with Gasteiger partial charge in [-0.2, -0.15) is 4.73 Å². The van der Waals surface area contributed by atoms with Crippen LogP contribution < -0.4 is 10.0 Å². The molecule has 5 nitrogen and oxygen atoms in total. The van der Waals surface area contributed by atoms with Gasteiger partial charge in [0.05, 0.1) is 0 Å². The largest absolute Gasteiger partial charge is 0.619 e. The molecule has 4 rings (SSSR count). The van der Waals surface area contributed by atoms with Crippen LogP contribution in [-0.4, -0.2) is 6.09 Å². The first-order chi connectivity index (χ1) is 13.7. The number of aromatic nitrogens is 1. The predicted molar refractivity (Wildman–Crippen MR) is 109 cm³/mol. The number of rotatable bonds is 4. The predicted octanol–water partition coefficient (Wildman–Crippen LogP) is 4.89. The van der Waals surface area contributed by atoms with Gasteiger partial charge in [0.15, 0.2) is 12.4 Å². The second-order valence-corrected chi connectivity index (χ2v) is 6.38. The third-order valence-corrected chi connectivity index (χ3v) is 4.45. The summed E-state index contributed by atoms with van der Waals surface area (Å²) in [6.45, 7) is 0.223. The van der Waals surface area contributed by atoms with Gasteiger partial charge in [-0.1, -0.05) is 54.6 Å². The Morgan fingerprint density at radius 3 is 2.50 bits per heavy atom. The van der Waals surface area contributed by atoms with Crippen molar-refractivity contribution in [3.8, 4) is 11.1 Å². The van der Waals surface area contributed by atoms with E-state index in [-0.39, 0.29) is 6.61 Å². The second kappa shape index (κ2) is 7.80. The van der Waals surface area contributed by atoms with E-state index in [1.807, 2.05) is 78.9 Å². The number of ether oxygens (including phenoxy) is 1. The average molecular weight is 370 g/mol. The van der Waals surface area contributed by atoms with Gasteiger partial charge in [-0.3, -0.25) is 5.32 Å². The highest BCUT2D eigenvalue weighted by Gasteiger charge is 2.08. The zero-order valence-corrected chi connectivity index (χ0v) is 15.0. The highest BCUT2D eigenvalue weighted by molar-refractivity contribution is 5.96. The fourth-order valence-electron chi connectivity index (χ4n) is 3.07. The zero-order valence-electron chi connectivity index (χ0n) is 15.0. The van der Waals surface area contributed by atoms with E-state index in [1.165, 1.54) is 6.20 Å². The Balaban J connectivity index is 1.46. The molecule has 0 spiro atoms. The average Bonchev–Trinajstić information content (AvgIpc) is 2.73. The Hall–Kier alpha value is -3.86. The van der Waals surface area contributed by atoms with Crippen LogP contribution in [0.3, 0.4) is 0 Å². The molecule has 1 aromatic heterocycles. The van der Waals surface area contributed by atoms with Gasteiger partial charge in [0.2, 0.25) is 0 Å². The topological polar surface area (TPSA) is 65.3 Å². The minimum absolute atomic E-state index is 0.223. The molecule has 138 valence electrons. The first-order valence-electron chi connectivity index (χ1n) is 8.89. The van der Waals surface area contributed by atoms with E-state index in [1.54, 1.807) is 6.20 Å². The molecular weight excluding hydrogens is 352 g/mol. The molecule has 0 saturated heterocycles. The molecule has 1 amide bonds. The van der Waals surface area contributed by atoms with E-state index >= 15 is 0 Å². The molecule has 0 unspecified atom stereocenters. The number of nitrogens with zero attached hydrogens (tertiary/aromatic N) is 1. The van der Waals surface area contributed by atoms with Crippen molar-refractivity contribution < 1.29 is 14.3 Å². The minimum Gasteiger partial charge on any atom is -0.619 e. The normalized spacial score (nSPS) is 10.6. The van der Waals surface area contributed by atoms with Gasteiger partial charge in [0.25, 0.3) is 0 Å². The fourth-order valence-corrected chi connectivity index (χ4v) is 3.07. The summed E-state index contributed by atoms with van der Waals surface area (Å²) in [7, 11) is 0. The number of hydrogen-bond donors (Lipinski definition) is 1. The molecule has 0 aliphatic carbocycles. The van der Waals surface area contributed by atoms with E-state index in [2.05, 4.69) is 5.32 Å². The maximum atomic E-state index is 12.0. The van der Waals surface area contributed by atoms with E-state index in [4.69, 9.17) is 4.74 Å². The van der Waals surface area contributed by atoms with Gasteiger partial charge in [-0.05, 0) is 34.9 Å². The van der Waals surface area contributed by atoms with Crippen LogP contribution in [0.4, 0.5) is 10.5 Å². The summed E-state index contributed by atoms with van der Waals surface area (Å²) < 4.78 is 6.03. The van der Waals surface area contributed by atoms with Gasteiger partial charge in [0.1, 0.15) is 6.61 Å². The van der Waals surface area contributed by atoms with E-state index < -0.39 is 6.09 Å². The van der Waals surface area contributed by atoms with E-state index in [0.29, 0.717) is 5.69 Å². The van der Waals surface area contributed by atoms with Gasteiger partial charge >= 0.3 is 6.09 Å². The lowest BCUT2D eigenvalue weighted by molar-refractivity contribution is -0.603. The van der Waals surface area contributed by atoms with Crippen LogP contribution in [0.1, 0.15) is 5.56 Å². The fraction of sp³-hybridized carbons (Fsp3) is 0.0435. The van der Waals surface area contributed by atoms with Crippen molar-refractivity contribution in [1.29, 1.82) is 0 Å². The molecule has 0 aliphatic rings. The smallest absolute Gasteiger partial charge is 0.411 e. The molecule has 0 atom stereocenters. The summed E-state index contributed by atoms with van der Waals surface area (Å²) in [5.41, 5.74) is 3.61. The van der Waals surface area contributed by atoms with Crippen LogP contribution in [0.5, 0.6) is 0 Å².